The van der Waals surface area contributed by atoms with Crippen LogP contribution in [0.25, 0.3) is 6.08 Å². The van der Waals surface area contributed by atoms with Crippen LogP contribution in [0.15, 0.2) is 76.8 Å². The molecule has 7 nitrogen and oxygen atoms in total. The Morgan fingerprint density at radius 3 is 2.62 bits per heavy atom. The minimum absolute atomic E-state index is 0.0346. The topological polar surface area (TPSA) is 105 Å². The molecule has 0 radical (unpaired) electrons. The van der Waals surface area contributed by atoms with Gasteiger partial charge in [0.25, 0.3) is 11.6 Å². The maximum Gasteiger partial charge on any atom is 0.269 e. The highest BCUT2D eigenvalue weighted by atomic mass is 79.9. The summed E-state index contributed by atoms with van der Waals surface area (Å²) in [5.74, 6) is -0.175. The molecule has 0 unspecified atom stereocenters. The SMILES string of the molecule is N#C/C(=C\c1cc(Br)ccc1OCc1cccc([N+](=O)[O-])c1)C(=O)Nc1ccc(Cl)cc1. The summed E-state index contributed by atoms with van der Waals surface area (Å²) in [6, 6.07) is 19.7. The molecule has 0 saturated carbocycles. The molecule has 0 fully saturated rings. The number of ether oxygens (including phenoxy) is 1. The van der Waals surface area contributed by atoms with Gasteiger partial charge in [0.15, 0.2) is 0 Å². The second-order valence-electron chi connectivity index (χ2n) is 6.53. The van der Waals surface area contributed by atoms with Gasteiger partial charge in [0.1, 0.15) is 24.0 Å². The van der Waals surface area contributed by atoms with Gasteiger partial charge >= 0.3 is 0 Å². The van der Waals surface area contributed by atoms with E-state index in [9.17, 15) is 20.2 Å². The van der Waals surface area contributed by atoms with E-state index in [2.05, 4.69) is 21.2 Å². The number of benzene rings is 3. The molecular formula is C23H15BrClN3O4. The van der Waals surface area contributed by atoms with Crippen LogP contribution in [0.5, 0.6) is 5.75 Å². The second-order valence-corrected chi connectivity index (χ2v) is 7.88. The minimum atomic E-state index is -0.584. The van der Waals surface area contributed by atoms with Crippen molar-refractivity contribution in [3.8, 4) is 11.8 Å². The summed E-state index contributed by atoms with van der Waals surface area (Å²) in [5, 5.41) is 23.6. The number of halogens is 2. The smallest absolute Gasteiger partial charge is 0.269 e. The zero-order valence-electron chi connectivity index (χ0n) is 16.4. The summed E-state index contributed by atoms with van der Waals surface area (Å²) in [4.78, 5) is 23.0. The first-order chi connectivity index (χ1) is 15.4. The summed E-state index contributed by atoms with van der Waals surface area (Å²) in [6.45, 7) is 0.0724. The fourth-order valence-electron chi connectivity index (χ4n) is 2.72. The molecule has 1 amide bonds. The van der Waals surface area contributed by atoms with Crippen LogP contribution in [0.4, 0.5) is 11.4 Å². The first kappa shape index (κ1) is 23.0. The molecule has 3 rings (SSSR count). The normalized spacial score (nSPS) is 10.8. The van der Waals surface area contributed by atoms with Crippen molar-refractivity contribution in [3.63, 3.8) is 0 Å². The van der Waals surface area contributed by atoms with Gasteiger partial charge in [-0.1, -0.05) is 39.7 Å². The number of nitrogens with zero attached hydrogens (tertiary/aromatic N) is 2. The first-order valence-electron chi connectivity index (χ1n) is 9.20. The fourth-order valence-corrected chi connectivity index (χ4v) is 3.22. The highest BCUT2D eigenvalue weighted by molar-refractivity contribution is 9.10. The van der Waals surface area contributed by atoms with Gasteiger partial charge < -0.3 is 10.1 Å². The van der Waals surface area contributed by atoms with E-state index in [0.717, 1.165) is 4.47 Å². The lowest BCUT2D eigenvalue weighted by molar-refractivity contribution is -0.384. The zero-order chi connectivity index (χ0) is 23.1. The number of nitro benzene ring substituents is 1. The second kappa shape index (κ2) is 10.6. The number of amides is 1. The van der Waals surface area contributed by atoms with E-state index >= 15 is 0 Å². The lowest BCUT2D eigenvalue weighted by Gasteiger charge is -2.11. The van der Waals surface area contributed by atoms with E-state index in [0.29, 0.717) is 27.6 Å². The first-order valence-corrected chi connectivity index (χ1v) is 10.4. The van der Waals surface area contributed by atoms with Crippen LogP contribution < -0.4 is 10.1 Å². The molecular weight excluding hydrogens is 498 g/mol. The molecule has 160 valence electrons. The summed E-state index contributed by atoms with van der Waals surface area (Å²) in [6.07, 6.45) is 1.42. The number of carbonyl (C=O) groups is 1. The molecule has 0 atom stereocenters. The Hall–Kier alpha value is -3.67. The molecule has 1 N–H and O–H groups in total. The number of carbonyl (C=O) groups excluding carboxylic acids is 1. The molecule has 0 heterocycles. The lowest BCUT2D eigenvalue weighted by Crippen LogP contribution is -2.13. The van der Waals surface area contributed by atoms with Crippen molar-refractivity contribution in [1.82, 2.24) is 0 Å². The van der Waals surface area contributed by atoms with Crippen molar-refractivity contribution < 1.29 is 14.5 Å². The van der Waals surface area contributed by atoms with Crippen molar-refractivity contribution in [3.05, 3.63) is 103 Å². The van der Waals surface area contributed by atoms with E-state index in [1.165, 1.54) is 18.2 Å². The van der Waals surface area contributed by atoms with Gasteiger partial charge in [0, 0.05) is 32.9 Å². The van der Waals surface area contributed by atoms with Gasteiger partial charge in [-0.2, -0.15) is 5.26 Å². The number of anilines is 1. The number of hydrogen-bond donors (Lipinski definition) is 1. The summed E-state index contributed by atoms with van der Waals surface area (Å²) in [5.41, 5.74) is 1.44. The summed E-state index contributed by atoms with van der Waals surface area (Å²) < 4.78 is 6.55. The van der Waals surface area contributed by atoms with Crippen LogP contribution in [0, 0.1) is 21.4 Å². The van der Waals surface area contributed by atoms with Crippen molar-refractivity contribution in [1.29, 1.82) is 5.26 Å². The highest BCUT2D eigenvalue weighted by Crippen LogP contribution is 2.27. The van der Waals surface area contributed by atoms with Crippen molar-refractivity contribution in [2.45, 2.75) is 6.61 Å². The van der Waals surface area contributed by atoms with E-state index in [1.54, 1.807) is 54.6 Å². The molecule has 0 aliphatic carbocycles. The summed E-state index contributed by atoms with van der Waals surface area (Å²) >= 11 is 9.22. The van der Waals surface area contributed by atoms with Gasteiger partial charge in [-0.3, -0.25) is 14.9 Å². The number of nitrogens with one attached hydrogen (secondary N) is 1. The molecule has 0 spiro atoms. The third-order valence-electron chi connectivity index (χ3n) is 4.25. The van der Waals surface area contributed by atoms with Crippen molar-refractivity contribution in [2.24, 2.45) is 0 Å². The van der Waals surface area contributed by atoms with Crippen LogP contribution in [0.2, 0.25) is 5.02 Å². The Labute approximate surface area is 197 Å². The Kier molecular flexibility index (Phi) is 7.60. The third-order valence-corrected chi connectivity index (χ3v) is 5.00. The number of rotatable bonds is 7. The standard InChI is InChI=1S/C23H15BrClN3O4/c24-18-4-9-22(32-14-15-2-1-3-21(10-15)28(30)31)16(12-18)11-17(13-26)23(29)27-20-7-5-19(25)6-8-20/h1-12H,14H2,(H,27,29)/b17-11+. The zero-order valence-corrected chi connectivity index (χ0v) is 18.8. The average Bonchev–Trinajstić information content (AvgIpc) is 2.78. The monoisotopic (exact) mass is 511 g/mol. The number of hydrogen-bond acceptors (Lipinski definition) is 5. The minimum Gasteiger partial charge on any atom is -0.488 e. The maximum atomic E-state index is 12.6. The number of non-ortho nitro benzene ring substituents is 1. The predicted molar refractivity (Wildman–Crippen MR) is 125 cm³/mol. The molecule has 0 aromatic heterocycles. The summed E-state index contributed by atoms with van der Waals surface area (Å²) in [7, 11) is 0. The molecule has 0 saturated heterocycles. The fraction of sp³-hybridized carbons (Fsp3) is 0.0435. The van der Waals surface area contributed by atoms with Gasteiger partial charge in [0.05, 0.1) is 4.92 Å². The molecule has 0 aliphatic rings. The van der Waals surface area contributed by atoms with E-state index in [4.69, 9.17) is 16.3 Å². The third kappa shape index (κ3) is 6.17. The van der Waals surface area contributed by atoms with Gasteiger partial charge in [-0.25, -0.2) is 0 Å². The predicted octanol–water partition coefficient (Wildman–Crippen LogP) is 6.14. The number of nitriles is 1. The Morgan fingerprint density at radius 2 is 1.94 bits per heavy atom. The Balaban J connectivity index is 1.82. The largest absolute Gasteiger partial charge is 0.488 e. The van der Waals surface area contributed by atoms with Crippen LogP contribution in [-0.4, -0.2) is 10.8 Å². The van der Waals surface area contributed by atoms with Crippen LogP contribution in [0.3, 0.4) is 0 Å². The van der Waals surface area contributed by atoms with Crippen LogP contribution in [0.1, 0.15) is 11.1 Å². The van der Waals surface area contributed by atoms with Gasteiger partial charge in [0.2, 0.25) is 0 Å². The quantitative estimate of drug-likeness (QED) is 0.177. The number of nitro groups is 1. The van der Waals surface area contributed by atoms with Gasteiger partial charge in [-0.05, 0) is 54.1 Å². The maximum absolute atomic E-state index is 12.6. The van der Waals surface area contributed by atoms with E-state index < -0.39 is 10.8 Å². The molecule has 32 heavy (non-hydrogen) atoms. The highest BCUT2D eigenvalue weighted by Gasteiger charge is 2.13. The average molecular weight is 513 g/mol. The Bertz CT molecular complexity index is 1240. The Morgan fingerprint density at radius 1 is 1.19 bits per heavy atom. The molecule has 3 aromatic rings. The van der Waals surface area contributed by atoms with Crippen LogP contribution >= 0.6 is 27.5 Å². The molecule has 9 heteroatoms. The molecule has 0 bridgehead atoms. The van der Waals surface area contributed by atoms with Crippen molar-refractivity contribution >= 4 is 50.9 Å². The molecule has 0 aliphatic heterocycles. The van der Waals surface area contributed by atoms with E-state index in [1.807, 2.05) is 6.07 Å². The molecule has 3 aromatic carbocycles. The van der Waals surface area contributed by atoms with Crippen LogP contribution in [-0.2, 0) is 11.4 Å². The van der Waals surface area contributed by atoms with E-state index in [-0.39, 0.29) is 17.9 Å². The lowest BCUT2D eigenvalue weighted by atomic mass is 10.1. The van der Waals surface area contributed by atoms with Crippen molar-refractivity contribution in [2.75, 3.05) is 5.32 Å². The van der Waals surface area contributed by atoms with Gasteiger partial charge in [-0.15, -0.1) is 0 Å².